The molecular formula is C11H11Br3O2. The van der Waals surface area contributed by atoms with Crippen LogP contribution >= 0.6 is 47.8 Å². The molecule has 0 radical (unpaired) electrons. The van der Waals surface area contributed by atoms with E-state index < -0.39 is 0 Å². The van der Waals surface area contributed by atoms with Gasteiger partial charge in [0.15, 0.2) is 0 Å². The van der Waals surface area contributed by atoms with Crippen molar-refractivity contribution in [2.45, 2.75) is 16.6 Å². The maximum absolute atomic E-state index is 11.5. The maximum Gasteiger partial charge on any atom is 0.321 e. The molecule has 0 saturated heterocycles. The third kappa shape index (κ3) is 3.86. The lowest BCUT2D eigenvalue weighted by Gasteiger charge is -2.15. The van der Waals surface area contributed by atoms with Crippen molar-refractivity contribution in [3.63, 3.8) is 0 Å². The van der Waals surface area contributed by atoms with E-state index >= 15 is 0 Å². The number of carbonyl (C=O) groups is 1. The van der Waals surface area contributed by atoms with Crippen molar-refractivity contribution < 1.29 is 9.53 Å². The van der Waals surface area contributed by atoms with Gasteiger partial charge in [-0.15, -0.1) is 0 Å². The molecule has 1 aromatic carbocycles. The van der Waals surface area contributed by atoms with Crippen LogP contribution in [-0.4, -0.2) is 17.4 Å². The summed E-state index contributed by atoms with van der Waals surface area (Å²) in [5.74, 6) is -0.257. The number of alkyl halides is 2. The molecule has 0 unspecified atom stereocenters. The summed E-state index contributed by atoms with van der Waals surface area (Å²) in [6.45, 7) is 2.18. The first-order valence-electron chi connectivity index (χ1n) is 4.76. The van der Waals surface area contributed by atoms with Crippen molar-refractivity contribution in [2.24, 2.45) is 0 Å². The van der Waals surface area contributed by atoms with E-state index in [1.165, 1.54) is 0 Å². The minimum Gasteiger partial charge on any atom is -0.465 e. The summed E-state index contributed by atoms with van der Waals surface area (Å²) in [4.78, 5) is 11.0. The normalized spacial score (nSPS) is 14.2. The van der Waals surface area contributed by atoms with Crippen LogP contribution < -0.4 is 0 Å². The van der Waals surface area contributed by atoms with E-state index in [4.69, 9.17) is 4.74 Å². The van der Waals surface area contributed by atoms with E-state index in [0.29, 0.717) is 6.61 Å². The van der Waals surface area contributed by atoms with Crippen molar-refractivity contribution in [3.05, 3.63) is 34.3 Å². The lowest BCUT2D eigenvalue weighted by molar-refractivity contribution is -0.142. The fourth-order valence-electron chi connectivity index (χ4n) is 1.16. The van der Waals surface area contributed by atoms with Crippen molar-refractivity contribution in [1.29, 1.82) is 0 Å². The summed E-state index contributed by atoms with van der Waals surface area (Å²) in [6, 6.07) is 7.79. The minimum absolute atomic E-state index is 0.0975. The molecule has 1 aromatic rings. The van der Waals surface area contributed by atoms with E-state index in [0.717, 1.165) is 10.0 Å². The van der Waals surface area contributed by atoms with Gasteiger partial charge in [-0.3, -0.25) is 4.79 Å². The molecular weight excluding hydrogens is 404 g/mol. The quantitative estimate of drug-likeness (QED) is 0.545. The van der Waals surface area contributed by atoms with E-state index in [1.54, 1.807) is 6.92 Å². The number of benzene rings is 1. The van der Waals surface area contributed by atoms with Crippen molar-refractivity contribution in [3.8, 4) is 0 Å². The predicted octanol–water partition coefficient (Wildman–Crippen LogP) is 4.21. The van der Waals surface area contributed by atoms with Crippen LogP contribution in [0.2, 0.25) is 0 Å². The highest BCUT2D eigenvalue weighted by molar-refractivity contribution is 9.12. The number of halogens is 3. The first-order valence-corrected chi connectivity index (χ1v) is 7.39. The van der Waals surface area contributed by atoms with Gasteiger partial charge in [0.05, 0.1) is 11.4 Å². The molecule has 1 rings (SSSR count). The van der Waals surface area contributed by atoms with E-state index in [2.05, 4.69) is 47.8 Å². The van der Waals surface area contributed by atoms with Gasteiger partial charge in [0.25, 0.3) is 0 Å². The molecule has 0 aliphatic heterocycles. The predicted molar refractivity (Wildman–Crippen MR) is 75.2 cm³/mol. The second-order valence-electron chi connectivity index (χ2n) is 3.11. The van der Waals surface area contributed by atoms with Gasteiger partial charge in [0.1, 0.15) is 4.83 Å². The standard InChI is InChI=1S/C11H11Br3O2/c1-2-16-11(15)10(14)9(13)7-3-5-8(12)6-4-7/h3-6,9-10H,2H2,1H3/t9-,10-/m1/s1. The SMILES string of the molecule is CCOC(=O)[C@H](Br)[C@H](Br)c1ccc(Br)cc1. The topological polar surface area (TPSA) is 26.3 Å². The fourth-order valence-corrected chi connectivity index (χ4v) is 2.38. The smallest absolute Gasteiger partial charge is 0.321 e. The number of ether oxygens (including phenoxy) is 1. The first-order chi connectivity index (χ1) is 7.56. The summed E-state index contributed by atoms with van der Waals surface area (Å²) in [7, 11) is 0. The Hall–Kier alpha value is 0.130. The fraction of sp³-hybridized carbons (Fsp3) is 0.364. The van der Waals surface area contributed by atoms with Crippen LogP contribution in [0.1, 0.15) is 17.3 Å². The molecule has 5 heteroatoms. The Labute approximate surface area is 120 Å². The van der Waals surface area contributed by atoms with Gasteiger partial charge < -0.3 is 4.74 Å². The molecule has 0 saturated carbocycles. The number of hydrogen-bond donors (Lipinski definition) is 0. The molecule has 0 aliphatic carbocycles. The summed E-state index contributed by atoms with van der Waals surface area (Å²) in [6.07, 6.45) is 0. The van der Waals surface area contributed by atoms with Gasteiger partial charge in [-0.1, -0.05) is 59.9 Å². The van der Waals surface area contributed by atoms with Crippen molar-refractivity contribution >= 4 is 53.8 Å². The molecule has 0 fully saturated rings. The molecule has 0 N–H and O–H groups in total. The van der Waals surface area contributed by atoms with Gasteiger partial charge in [-0.25, -0.2) is 0 Å². The Morgan fingerprint density at radius 1 is 1.31 bits per heavy atom. The summed E-state index contributed by atoms with van der Waals surface area (Å²) < 4.78 is 5.96. The number of hydrogen-bond acceptors (Lipinski definition) is 2. The Bertz CT molecular complexity index is 351. The van der Waals surface area contributed by atoms with Crippen molar-refractivity contribution in [2.75, 3.05) is 6.61 Å². The van der Waals surface area contributed by atoms with Crippen LogP contribution in [0.5, 0.6) is 0 Å². The number of rotatable bonds is 4. The second kappa shape index (κ2) is 6.77. The third-order valence-corrected chi connectivity index (χ3v) is 5.16. The van der Waals surface area contributed by atoms with Crippen LogP contribution in [0, 0.1) is 0 Å². The van der Waals surface area contributed by atoms with E-state index in [9.17, 15) is 4.79 Å². The van der Waals surface area contributed by atoms with Crippen LogP contribution in [0.3, 0.4) is 0 Å². The summed E-state index contributed by atoms with van der Waals surface area (Å²) in [5.41, 5.74) is 1.03. The van der Waals surface area contributed by atoms with E-state index in [1.807, 2.05) is 24.3 Å². The van der Waals surface area contributed by atoms with Gasteiger partial charge in [-0.05, 0) is 24.6 Å². The van der Waals surface area contributed by atoms with Gasteiger partial charge in [0.2, 0.25) is 0 Å². The number of carbonyl (C=O) groups excluding carboxylic acids is 1. The zero-order valence-electron chi connectivity index (χ0n) is 8.62. The van der Waals surface area contributed by atoms with Crippen LogP contribution in [0.15, 0.2) is 28.7 Å². The van der Waals surface area contributed by atoms with Crippen LogP contribution in [0.4, 0.5) is 0 Å². The second-order valence-corrected chi connectivity index (χ2v) is 6.00. The van der Waals surface area contributed by atoms with Gasteiger partial charge in [-0.2, -0.15) is 0 Å². The van der Waals surface area contributed by atoms with Crippen LogP contribution in [-0.2, 0) is 9.53 Å². The Morgan fingerprint density at radius 3 is 2.38 bits per heavy atom. The van der Waals surface area contributed by atoms with Gasteiger partial charge >= 0.3 is 5.97 Å². The maximum atomic E-state index is 11.5. The molecule has 0 aliphatic rings. The highest BCUT2D eigenvalue weighted by Gasteiger charge is 2.25. The molecule has 0 bridgehead atoms. The Balaban J connectivity index is 2.73. The first kappa shape index (κ1) is 14.2. The molecule has 0 heterocycles. The molecule has 0 spiro atoms. The highest BCUT2D eigenvalue weighted by atomic mass is 79.9. The summed E-state index contributed by atoms with van der Waals surface area (Å²) in [5, 5.41) is 0. The Morgan fingerprint density at radius 2 is 1.88 bits per heavy atom. The van der Waals surface area contributed by atoms with Crippen LogP contribution in [0.25, 0.3) is 0 Å². The Kier molecular flexibility index (Phi) is 6.00. The average Bonchev–Trinajstić information content (AvgIpc) is 2.28. The monoisotopic (exact) mass is 412 g/mol. The molecule has 0 amide bonds. The zero-order chi connectivity index (χ0) is 12.1. The van der Waals surface area contributed by atoms with E-state index in [-0.39, 0.29) is 15.6 Å². The average molecular weight is 415 g/mol. The van der Waals surface area contributed by atoms with Gasteiger partial charge in [0, 0.05) is 4.47 Å². The molecule has 16 heavy (non-hydrogen) atoms. The summed E-state index contributed by atoms with van der Waals surface area (Å²) >= 11 is 10.2. The molecule has 2 nitrogen and oxygen atoms in total. The lowest BCUT2D eigenvalue weighted by atomic mass is 10.1. The molecule has 2 atom stereocenters. The lowest BCUT2D eigenvalue weighted by Crippen LogP contribution is -2.21. The molecule has 88 valence electrons. The molecule has 0 aromatic heterocycles. The largest absolute Gasteiger partial charge is 0.465 e. The van der Waals surface area contributed by atoms with Crippen molar-refractivity contribution in [1.82, 2.24) is 0 Å². The highest BCUT2D eigenvalue weighted by Crippen LogP contribution is 2.32. The zero-order valence-corrected chi connectivity index (χ0v) is 13.4. The third-order valence-electron chi connectivity index (χ3n) is 1.96. The number of esters is 1. The minimum atomic E-state index is -0.381.